The Kier molecular flexibility index (Phi) is 3.75. The van der Waals surface area contributed by atoms with Crippen LogP contribution in [0.3, 0.4) is 0 Å². The molecule has 2 rings (SSSR count). The standard InChI is InChI=1S/C14H12N2OS/c1-10-8-18-9-13(10)7-16-14(17)12-4-2-11(6-15)3-5-12/h2-5,8-9H,7H2,1H3,(H,16,17). The minimum Gasteiger partial charge on any atom is -0.348 e. The molecule has 0 radical (unpaired) electrons. The third kappa shape index (κ3) is 2.76. The van der Waals surface area contributed by atoms with E-state index in [1.54, 1.807) is 35.6 Å². The molecule has 2 aromatic rings. The van der Waals surface area contributed by atoms with Gasteiger partial charge in [-0.05, 0) is 53.1 Å². The molecule has 1 N–H and O–H groups in total. The van der Waals surface area contributed by atoms with Crippen molar-refractivity contribution in [1.82, 2.24) is 5.32 Å². The molecule has 0 aliphatic rings. The average Bonchev–Trinajstić information content (AvgIpc) is 2.81. The van der Waals surface area contributed by atoms with Crippen LogP contribution >= 0.6 is 11.3 Å². The summed E-state index contributed by atoms with van der Waals surface area (Å²) in [5.74, 6) is -0.120. The van der Waals surface area contributed by atoms with Crippen LogP contribution in [0.4, 0.5) is 0 Å². The van der Waals surface area contributed by atoms with Crippen LogP contribution in [-0.2, 0) is 6.54 Å². The molecular formula is C14H12N2OS. The van der Waals surface area contributed by atoms with E-state index < -0.39 is 0 Å². The Hall–Kier alpha value is -2.12. The SMILES string of the molecule is Cc1cscc1CNC(=O)c1ccc(C#N)cc1. The van der Waals surface area contributed by atoms with Gasteiger partial charge >= 0.3 is 0 Å². The summed E-state index contributed by atoms with van der Waals surface area (Å²) < 4.78 is 0. The Bertz CT molecular complexity index is 593. The second kappa shape index (κ2) is 5.48. The van der Waals surface area contributed by atoms with E-state index in [9.17, 15) is 4.79 Å². The van der Waals surface area contributed by atoms with E-state index in [0.717, 1.165) is 5.56 Å². The van der Waals surface area contributed by atoms with Gasteiger partial charge in [0.1, 0.15) is 0 Å². The van der Waals surface area contributed by atoms with Crippen LogP contribution in [0.15, 0.2) is 35.0 Å². The van der Waals surface area contributed by atoms with E-state index in [1.807, 2.05) is 18.4 Å². The number of thiophene rings is 1. The van der Waals surface area contributed by atoms with Crippen molar-refractivity contribution in [3.8, 4) is 6.07 Å². The van der Waals surface area contributed by atoms with E-state index in [4.69, 9.17) is 5.26 Å². The minimum absolute atomic E-state index is 0.120. The maximum atomic E-state index is 11.9. The number of carbonyl (C=O) groups excluding carboxylic acids is 1. The largest absolute Gasteiger partial charge is 0.348 e. The summed E-state index contributed by atoms with van der Waals surface area (Å²) in [6, 6.07) is 8.63. The fraction of sp³-hybridized carbons (Fsp3) is 0.143. The normalized spacial score (nSPS) is 9.78. The molecule has 0 saturated heterocycles. The molecule has 90 valence electrons. The maximum Gasteiger partial charge on any atom is 0.251 e. The van der Waals surface area contributed by atoms with E-state index in [2.05, 4.69) is 10.7 Å². The molecule has 0 atom stereocenters. The fourth-order valence-electron chi connectivity index (χ4n) is 1.54. The number of hydrogen-bond donors (Lipinski definition) is 1. The molecule has 4 heteroatoms. The van der Waals surface area contributed by atoms with Crippen LogP contribution in [-0.4, -0.2) is 5.91 Å². The third-order valence-corrected chi connectivity index (χ3v) is 3.59. The van der Waals surface area contributed by atoms with Crippen molar-refractivity contribution in [3.63, 3.8) is 0 Å². The molecule has 0 aliphatic carbocycles. The number of aryl methyl sites for hydroxylation is 1. The Morgan fingerprint density at radius 3 is 2.61 bits per heavy atom. The quantitative estimate of drug-likeness (QED) is 0.918. The van der Waals surface area contributed by atoms with Crippen molar-refractivity contribution in [1.29, 1.82) is 5.26 Å². The number of nitrogens with zero attached hydrogens (tertiary/aromatic N) is 1. The van der Waals surface area contributed by atoms with E-state index >= 15 is 0 Å². The Balaban J connectivity index is 2.00. The van der Waals surface area contributed by atoms with Crippen LogP contribution in [0.25, 0.3) is 0 Å². The Morgan fingerprint density at radius 1 is 1.33 bits per heavy atom. The number of carbonyl (C=O) groups is 1. The molecule has 1 heterocycles. The first-order valence-electron chi connectivity index (χ1n) is 5.50. The number of rotatable bonds is 3. The van der Waals surface area contributed by atoms with Crippen molar-refractivity contribution in [3.05, 3.63) is 57.3 Å². The molecule has 0 saturated carbocycles. The molecule has 18 heavy (non-hydrogen) atoms. The Morgan fingerprint density at radius 2 is 2.06 bits per heavy atom. The summed E-state index contributed by atoms with van der Waals surface area (Å²) in [4.78, 5) is 11.9. The lowest BCUT2D eigenvalue weighted by molar-refractivity contribution is 0.0951. The molecular weight excluding hydrogens is 244 g/mol. The molecule has 0 fully saturated rings. The van der Waals surface area contributed by atoms with Gasteiger partial charge in [-0.1, -0.05) is 0 Å². The number of hydrogen-bond acceptors (Lipinski definition) is 3. The van der Waals surface area contributed by atoms with Gasteiger partial charge in [0.15, 0.2) is 0 Å². The molecule has 1 amide bonds. The average molecular weight is 256 g/mol. The summed E-state index contributed by atoms with van der Waals surface area (Å²) in [6.45, 7) is 2.56. The molecule has 0 bridgehead atoms. The predicted molar refractivity (Wildman–Crippen MR) is 71.4 cm³/mol. The highest BCUT2D eigenvalue weighted by atomic mass is 32.1. The van der Waals surface area contributed by atoms with Crippen LogP contribution in [0.2, 0.25) is 0 Å². The van der Waals surface area contributed by atoms with Crippen LogP contribution in [0.1, 0.15) is 27.0 Å². The smallest absolute Gasteiger partial charge is 0.251 e. The molecule has 1 aromatic heterocycles. The molecule has 0 spiro atoms. The summed E-state index contributed by atoms with van der Waals surface area (Å²) in [6.07, 6.45) is 0. The first kappa shape index (κ1) is 12.3. The number of nitriles is 1. The van der Waals surface area contributed by atoms with Crippen molar-refractivity contribution in [2.24, 2.45) is 0 Å². The van der Waals surface area contributed by atoms with Crippen molar-refractivity contribution in [2.75, 3.05) is 0 Å². The second-order valence-electron chi connectivity index (χ2n) is 3.95. The highest BCUT2D eigenvalue weighted by molar-refractivity contribution is 7.08. The van der Waals surface area contributed by atoms with E-state index in [-0.39, 0.29) is 5.91 Å². The van der Waals surface area contributed by atoms with Gasteiger partial charge in [-0.3, -0.25) is 4.79 Å². The summed E-state index contributed by atoms with van der Waals surface area (Å²) in [7, 11) is 0. The zero-order valence-electron chi connectivity index (χ0n) is 9.93. The zero-order chi connectivity index (χ0) is 13.0. The first-order chi connectivity index (χ1) is 8.70. The third-order valence-electron chi connectivity index (χ3n) is 2.68. The lowest BCUT2D eigenvalue weighted by Crippen LogP contribution is -2.22. The number of benzene rings is 1. The maximum absolute atomic E-state index is 11.9. The van der Waals surface area contributed by atoms with Crippen molar-refractivity contribution >= 4 is 17.2 Å². The van der Waals surface area contributed by atoms with Gasteiger partial charge in [-0.15, -0.1) is 0 Å². The van der Waals surface area contributed by atoms with Gasteiger partial charge in [0, 0.05) is 12.1 Å². The highest BCUT2D eigenvalue weighted by Gasteiger charge is 2.06. The van der Waals surface area contributed by atoms with E-state index in [0.29, 0.717) is 17.7 Å². The van der Waals surface area contributed by atoms with Gasteiger partial charge in [0.2, 0.25) is 0 Å². The van der Waals surface area contributed by atoms with Gasteiger partial charge in [0.25, 0.3) is 5.91 Å². The predicted octanol–water partition coefficient (Wildman–Crippen LogP) is 2.86. The lowest BCUT2D eigenvalue weighted by atomic mass is 10.1. The number of nitrogens with one attached hydrogen (secondary N) is 1. The van der Waals surface area contributed by atoms with E-state index in [1.165, 1.54) is 5.56 Å². The van der Waals surface area contributed by atoms with Crippen molar-refractivity contribution in [2.45, 2.75) is 13.5 Å². The summed E-state index contributed by atoms with van der Waals surface area (Å²) in [5.41, 5.74) is 3.46. The van der Waals surface area contributed by atoms with Gasteiger partial charge in [0.05, 0.1) is 11.6 Å². The molecule has 1 aromatic carbocycles. The van der Waals surface area contributed by atoms with Crippen LogP contribution < -0.4 is 5.32 Å². The van der Waals surface area contributed by atoms with Crippen LogP contribution in [0.5, 0.6) is 0 Å². The molecule has 3 nitrogen and oxygen atoms in total. The van der Waals surface area contributed by atoms with Gasteiger partial charge < -0.3 is 5.32 Å². The molecule has 0 aliphatic heterocycles. The number of amides is 1. The Labute approximate surface area is 110 Å². The van der Waals surface area contributed by atoms with Crippen molar-refractivity contribution < 1.29 is 4.79 Å². The summed E-state index contributed by atoms with van der Waals surface area (Å²) >= 11 is 1.63. The minimum atomic E-state index is -0.120. The zero-order valence-corrected chi connectivity index (χ0v) is 10.8. The summed E-state index contributed by atoms with van der Waals surface area (Å²) in [5, 5.41) is 15.6. The second-order valence-corrected chi connectivity index (χ2v) is 4.70. The fourth-order valence-corrected chi connectivity index (χ4v) is 2.40. The highest BCUT2D eigenvalue weighted by Crippen LogP contribution is 2.13. The first-order valence-corrected chi connectivity index (χ1v) is 6.45. The van der Waals surface area contributed by atoms with Crippen LogP contribution in [0, 0.1) is 18.3 Å². The lowest BCUT2D eigenvalue weighted by Gasteiger charge is -2.05. The van der Waals surface area contributed by atoms with Gasteiger partial charge in [-0.2, -0.15) is 16.6 Å². The topological polar surface area (TPSA) is 52.9 Å². The van der Waals surface area contributed by atoms with Gasteiger partial charge in [-0.25, -0.2) is 0 Å². The molecule has 0 unspecified atom stereocenters. The monoisotopic (exact) mass is 256 g/mol.